The summed E-state index contributed by atoms with van der Waals surface area (Å²) in [7, 11) is 0. The quantitative estimate of drug-likeness (QED) is 0.172. The second-order valence-electron chi connectivity index (χ2n) is 15.2. The van der Waals surface area contributed by atoms with Crippen LogP contribution in [0.2, 0.25) is 0 Å². The summed E-state index contributed by atoms with van der Waals surface area (Å²) < 4.78 is 2.52. The van der Waals surface area contributed by atoms with E-state index in [9.17, 15) is 0 Å². The van der Waals surface area contributed by atoms with E-state index in [-0.39, 0.29) is 0 Å². The van der Waals surface area contributed by atoms with E-state index >= 15 is 0 Å². The number of hydrogen-bond donors (Lipinski definition) is 0. The molecule has 266 valence electrons. The molecule has 0 fully saturated rings. The van der Waals surface area contributed by atoms with E-state index in [1.165, 1.54) is 83.1 Å². The molecule has 0 bridgehead atoms. The first-order valence-electron chi connectivity index (χ1n) is 19.8. The van der Waals surface area contributed by atoms with E-state index in [1.54, 1.807) is 0 Å². The molecule has 0 N–H and O–H groups in total. The Hall–Kier alpha value is -7.42. The molecule has 1 unspecified atom stereocenters. The van der Waals surface area contributed by atoms with Gasteiger partial charge in [0.15, 0.2) is 0 Å². The van der Waals surface area contributed by atoms with Crippen LogP contribution in [-0.4, -0.2) is 4.57 Å². The molecule has 12 rings (SSSR count). The Morgan fingerprint density at radius 1 is 0.351 bits per heavy atom. The predicted octanol–water partition coefficient (Wildman–Crippen LogP) is 14.3. The van der Waals surface area contributed by atoms with Gasteiger partial charge in [-0.25, -0.2) is 0 Å². The molecule has 10 aromatic rings. The van der Waals surface area contributed by atoms with Crippen molar-refractivity contribution < 1.29 is 0 Å². The van der Waals surface area contributed by atoms with Crippen molar-refractivity contribution in [1.82, 2.24) is 4.57 Å². The Kier molecular flexibility index (Phi) is 6.88. The van der Waals surface area contributed by atoms with E-state index in [4.69, 9.17) is 0 Å². The predicted molar refractivity (Wildman–Crippen MR) is 237 cm³/mol. The first kappa shape index (κ1) is 31.9. The zero-order valence-electron chi connectivity index (χ0n) is 31.2. The molecule has 1 aliphatic carbocycles. The zero-order chi connectivity index (χ0) is 37.5. The molecule has 0 saturated carbocycles. The largest absolute Gasteiger partial charge is 0.309 e. The van der Waals surface area contributed by atoms with Gasteiger partial charge in [0.1, 0.15) is 0 Å². The van der Waals surface area contributed by atoms with Gasteiger partial charge in [0.25, 0.3) is 0 Å². The van der Waals surface area contributed by atoms with Crippen molar-refractivity contribution in [3.63, 3.8) is 0 Å². The molecule has 1 aromatic heterocycles. The summed E-state index contributed by atoms with van der Waals surface area (Å²) in [5.74, 6) is 0. The van der Waals surface area contributed by atoms with Gasteiger partial charge < -0.3 is 9.47 Å². The van der Waals surface area contributed by atoms with Gasteiger partial charge in [0, 0.05) is 27.6 Å². The molecular weight excluding hydrogens is 689 g/mol. The smallest absolute Gasteiger partial charge is 0.0755 e. The van der Waals surface area contributed by atoms with Crippen molar-refractivity contribution in [3.05, 3.63) is 241 Å². The number of nitrogens with zero attached hydrogens (tertiary/aromatic N) is 2. The lowest BCUT2D eigenvalue weighted by Gasteiger charge is -2.39. The molecular formula is C55H36N2. The maximum atomic E-state index is 2.52. The highest BCUT2D eigenvalue weighted by Crippen LogP contribution is 2.63. The van der Waals surface area contributed by atoms with Crippen molar-refractivity contribution in [1.29, 1.82) is 0 Å². The van der Waals surface area contributed by atoms with Gasteiger partial charge in [-0.05, 0) is 80.9 Å². The second kappa shape index (κ2) is 12.3. The minimum absolute atomic E-state index is 0.537. The summed E-state index contributed by atoms with van der Waals surface area (Å²) in [6.07, 6.45) is 0. The normalized spacial score (nSPS) is 14.7. The van der Waals surface area contributed by atoms with E-state index in [0.29, 0.717) is 0 Å². The fourth-order valence-corrected chi connectivity index (χ4v) is 10.2. The number of hydrogen-bond acceptors (Lipinski definition) is 1. The number of rotatable bonds is 5. The SMILES string of the molecule is c1ccc(-c2ccccc2-c2ccccc2N(c2ccccc2)c2cccc3c2-c2ccccc2C32c3ccccc3-n3c4ccccc4c4cccc2c43)cc1. The van der Waals surface area contributed by atoms with Crippen LogP contribution in [0, 0.1) is 0 Å². The number of fused-ring (bicyclic) bond motifs is 12. The summed E-state index contributed by atoms with van der Waals surface area (Å²) >= 11 is 0. The molecule has 9 aromatic carbocycles. The molecule has 0 saturated heterocycles. The zero-order valence-corrected chi connectivity index (χ0v) is 31.2. The van der Waals surface area contributed by atoms with Crippen LogP contribution >= 0.6 is 0 Å². The maximum absolute atomic E-state index is 2.52. The van der Waals surface area contributed by atoms with Gasteiger partial charge in [0.2, 0.25) is 0 Å². The average molecular weight is 725 g/mol. The number of benzene rings is 9. The van der Waals surface area contributed by atoms with Crippen LogP contribution < -0.4 is 4.90 Å². The standard InChI is InChI=1S/C55H36N2/c1-3-19-37(20-4-1)39-23-7-8-24-40(39)41-25-10-14-33-49(41)56(38-21-5-2-6-22-38)52-36-18-31-47-53(52)44-27-9-12-29-45(44)55(47)46-30-13-16-35-51(46)57-50-34-15-11-26-42(50)43-28-17-32-48(55)54(43)57/h1-36H. The fourth-order valence-electron chi connectivity index (χ4n) is 10.2. The first-order valence-corrected chi connectivity index (χ1v) is 19.8. The highest BCUT2D eigenvalue weighted by atomic mass is 15.1. The van der Waals surface area contributed by atoms with Crippen molar-refractivity contribution in [3.8, 4) is 39.1 Å². The fraction of sp³-hybridized carbons (Fsp3) is 0.0182. The Morgan fingerprint density at radius 2 is 0.912 bits per heavy atom. The van der Waals surface area contributed by atoms with Crippen LogP contribution in [0.15, 0.2) is 218 Å². The molecule has 2 heterocycles. The molecule has 2 aliphatic rings. The molecule has 2 heteroatoms. The Morgan fingerprint density at radius 3 is 1.75 bits per heavy atom. The summed E-state index contributed by atoms with van der Waals surface area (Å²) in [6.45, 7) is 0. The van der Waals surface area contributed by atoms with E-state index in [0.717, 1.165) is 17.1 Å². The highest BCUT2D eigenvalue weighted by molar-refractivity contribution is 6.13. The second-order valence-corrected chi connectivity index (χ2v) is 15.2. The number of aromatic nitrogens is 1. The summed E-state index contributed by atoms with van der Waals surface area (Å²) in [5.41, 5.74) is 19.2. The van der Waals surface area contributed by atoms with Crippen LogP contribution in [0.3, 0.4) is 0 Å². The summed E-state index contributed by atoms with van der Waals surface area (Å²) in [4.78, 5) is 2.50. The lowest BCUT2D eigenvalue weighted by atomic mass is 9.65. The van der Waals surface area contributed by atoms with Gasteiger partial charge >= 0.3 is 0 Å². The first-order chi connectivity index (χ1) is 28.3. The lowest BCUT2D eigenvalue weighted by Crippen LogP contribution is -2.33. The summed E-state index contributed by atoms with van der Waals surface area (Å²) in [6, 6.07) is 80.5. The van der Waals surface area contributed by atoms with Crippen molar-refractivity contribution in [2.45, 2.75) is 5.41 Å². The van der Waals surface area contributed by atoms with Gasteiger partial charge in [-0.2, -0.15) is 0 Å². The van der Waals surface area contributed by atoms with Crippen molar-refractivity contribution in [2.75, 3.05) is 4.90 Å². The third kappa shape index (κ3) is 4.35. The van der Waals surface area contributed by atoms with Gasteiger partial charge in [-0.3, -0.25) is 0 Å². The maximum Gasteiger partial charge on any atom is 0.0755 e. The third-order valence-electron chi connectivity index (χ3n) is 12.4. The Labute approximate surface area is 332 Å². The number of para-hydroxylation sites is 5. The van der Waals surface area contributed by atoms with Crippen LogP contribution in [0.5, 0.6) is 0 Å². The Balaban J connectivity index is 1.18. The van der Waals surface area contributed by atoms with E-state index in [1.807, 2.05) is 0 Å². The molecule has 57 heavy (non-hydrogen) atoms. The lowest BCUT2D eigenvalue weighted by molar-refractivity contribution is 0.748. The topological polar surface area (TPSA) is 8.17 Å². The molecule has 1 spiro atoms. The molecule has 0 amide bonds. The summed E-state index contributed by atoms with van der Waals surface area (Å²) in [5, 5.41) is 2.57. The average Bonchev–Trinajstić information content (AvgIpc) is 3.79. The minimum atomic E-state index is -0.537. The Bertz CT molecular complexity index is 3190. The van der Waals surface area contributed by atoms with Gasteiger partial charge in [0.05, 0.1) is 33.5 Å². The molecule has 1 aliphatic heterocycles. The molecule has 1 atom stereocenters. The monoisotopic (exact) mass is 724 g/mol. The van der Waals surface area contributed by atoms with Crippen molar-refractivity contribution >= 4 is 38.9 Å². The van der Waals surface area contributed by atoms with Crippen LogP contribution in [0.25, 0.3) is 60.9 Å². The van der Waals surface area contributed by atoms with Crippen LogP contribution in [0.4, 0.5) is 17.1 Å². The minimum Gasteiger partial charge on any atom is -0.309 e. The van der Waals surface area contributed by atoms with E-state index < -0.39 is 5.41 Å². The van der Waals surface area contributed by atoms with E-state index in [2.05, 4.69) is 228 Å². The molecule has 2 nitrogen and oxygen atoms in total. The third-order valence-corrected chi connectivity index (χ3v) is 12.4. The van der Waals surface area contributed by atoms with Crippen molar-refractivity contribution in [2.24, 2.45) is 0 Å². The van der Waals surface area contributed by atoms with Gasteiger partial charge in [-0.15, -0.1) is 0 Å². The van der Waals surface area contributed by atoms with Gasteiger partial charge in [-0.1, -0.05) is 182 Å². The van der Waals surface area contributed by atoms with Crippen LogP contribution in [0.1, 0.15) is 22.3 Å². The molecule has 0 radical (unpaired) electrons. The highest BCUT2D eigenvalue weighted by Gasteiger charge is 2.51. The van der Waals surface area contributed by atoms with Crippen LogP contribution in [-0.2, 0) is 5.41 Å². The number of anilines is 3.